The van der Waals surface area contributed by atoms with Crippen LogP contribution in [0.15, 0.2) is 42.5 Å². The summed E-state index contributed by atoms with van der Waals surface area (Å²) in [6.45, 7) is 4.12. The number of benzene rings is 2. The van der Waals surface area contributed by atoms with E-state index in [0.29, 0.717) is 16.8 Å². The monoisotopic (exact) mass is 305 g/mol. The molecule has 0 saturated carbocycles. The molecule has 2 amide bonds. The third-order valence-electron chi connectivity index (χ3n) is 4.08. The van der Waals surface area contributed by atoms with Crippen molar-refractivity contribution in [1.82, 2.24) is 9.97 Å². The second-order valence-corrected chi connectivity index (χ2v) is 5.97. The normalized spacial score (nSPS) is 14.1. The number of aromatic amines is 1. The van der Waals surface area contributed by atoms with E-state index >= 15 is 0 Å². The number of hydrogen-bond donors (Lipinski definition) is 1. The van der Waals surface area contributed by atoms with Gasteiger partial charge in [-0.3, -0.25) is 9.59 Å². The van der Waals surface area contributed by atoms with Crippen molar-refractivity contribution in [2.75, 3.05) is 4.90 Å². The minimum absolute atomic E-state index is 0.283. The third kappa shape index (κ3) is 1.97. The van der Waals surface area contributed by atoms with Crippen LogP contribution in [0.4, 0.5) is 5.69 Å². The van der Waals surface area contributed by atoms with Crippen LogP contribution in [0.2, 0.25) is 0 Å². The molecule has 0 saturated heterocycles. The van der Waals surface area contributed by atoms with E-state index in [9.17, 15) is 9.59 Å². The van der Waals surface area contributed by atoms with Crippen LogP contribution in [-0.4, -0.2) is 21.8 Å². The van der Waals surface area contributed by atoms with Gasteiger partial charge in [0.05, 0.1) is 27.8 Å². The molecule has 3 aromatic rings. The van der Waals surface area contributed by atoms with Crippen LogP contribution in [-0.2, 0) is 0 Å². The van der Waals surface area contributed by atoms with Gasteiger partial charge in [0.2, 0.25) is 0 Å². The minimum Gasteiger partial charge on any atom is -0.342 e. The van der Waals surface area contributed by atoms with Gasteiger partial charge in [-0.1, -0.05) is 26.0 Å². The van der Waals surface area contributed by atoms with Gasteiger partial charge in [-0.2, -0.15) is 0 Å². The number of hydrogen-bond acceptors (Lipinski definition) is 3. The van der Waals surface area contributed by atoms with Crippen molar-refractivity contribution < 1.29 is 9.59 Å². The number of nitrogens with one attached hydrogen (secondary N) is 1. The molecule has 0 bridgehead atoms. The van der Waals surface area contributed by atoms with Crippen molar-refractivity contribution in [3.8, 4) is 0 Å². The van der Waals surface area contributed by atoms with Crippen molar-refractivity contribution >= 4 is 28.5 Å². The minimum atomic E-state index is -0.284. The maximum Gasteiger partial charge on any atom is 0.266 e. The highest BCUT2D eigenvalue weighted by atomic mass is 16.2. The standard InChI is InChI=1S/C18H15N3O2/c1-10(2)16-19-14-8-7-11(9-15(14)20-16)21-17(22)12-5-3-4-6-13(12)18(21)23/h3-10H,1-2H3,(H,19,20). The molecule has 1 aliphatic heterocycles. The molecule has 0 aliphatic carbocycles. The fourth-order valence-electron chi connectivity index (χ4n) is 2.85. The quantitative estimate of drug-likeness (QED) is 0.737. The fraction of sp³-hybridized carbons (Fsp3) is 0.167. The number of rotatable bonds is 2. The first-order valence-electron chi connectivity index (χ1n) is 7.54. The summed E-state index contributed by atoms with van der Waals surface area (Å²) in [6.07, 6.45) is 0. The first-order valence-corrected chi connectivity index (χ1v) is 7.54. The van der Waals surface area contributed by atoms with Gasteiger partial charge in [0.25, 0.3) is 11.8 Å². The summed E-state index contributed by atoms with van der Waals surface area (Å²) in [5, 5.41) is 0. The molecule has 2 aromatic carbocycles. The smallest absolute Gasteiger partial charge is 0.266 e. The number of imidazole rings is 1. The van der Waals surface area contributed by atoms with Crippen LogP contribution in [0.1, 0.15) is 46.3 Å². The van der Waals surface area contributed by atoms with E-state index in [0.717, 1.165) is 16.9 Å². The van der Waals surface area contributed by atoms with Gasteiger partial charge in [0, 0.05) is 5.92 Å². The number of fused-ring (bicyclic) bond motifs is 2. The Morgan fingerprint density at radius 1 is 1.00 bits per heavy atom. The maximum absolute atomic E-state index is 12.5. The Kier molecular flexibility index (Phi) is 2.84. The average molecular weight is 305 g/mol. The number of anilines is 1. The van der Waals surface area contributed by atoms with Crippen molar-refractivity contribution in [1.29, 1.82) is 0 Å². The van der Waals surface area contributed by atoms with E-state index in [-0.39, 0.29) is 17.7 Å². The summed E-state index contributed by atoms with van der Waals surface area (Å²) >= 11 is 0. The number of nitrogens with zero attached hydrogens (tertiary/aromatic N) is 2. The molecule has 23 heavy (non-hydrogen) atoms. The van der Waals surface area contributed by atoms with Gasteiger partial charge in [0.15, 0.2) is 0 Å². The Labute approximate surface area is 133 Å². The molecular weight excluding hydrogens is 290 g/mol. The molecule has 2 heterocycles. The van der Waals surface area contributed by atoms with E-state index in [1.54, 1.807) is 36.4 Å². The summed E-state index contributed by atoms with van der Waals surface area (Å²) in [5.74, 6) is 0.603. The van der Waals surface area contributed by atoms with Crippen LogP contribution in [0.3, 0.4) is 0 Å². The van der Waals surface area contributed by atoms with E-state index in [1.807, 2.05) is 6.07 Å². The Morgan fingerprint density at radius 3 is 2.26 bits per heavy atom. The van der Waals surface area contributed by atoms with Gasteiger partial charge in [-0.05, 0) is 30.3 Å². The molecule has 1 N–H and O–H groups in total. The Morgan fingerprint density at radius 2 is 1.65 bits per heavy atom. The van der Waals surface area contributed by atoms with Gasteiger partial charge in [-0.15, -0.1) is 0 Å². The number of H-pyrrole nitrogens is 1. The van der Waals surface area contributed by atoms with Gasteiger partial charge < -0.3 is 4.98 Å². The molecule has 1 aromatic heterocycles. The van der Waals surface area contributed by atoms with E-state index in [4.69, 9.17) is 0 Å². The number of imide groups is 1. The molecule has 114 valence electrons. The number of aromatic nitrogens is 2. The lowest BCUT2D eigenvalue weighted by Gasteiger charge is -2.13. The van der Waals surface area contributed by atoms with Gasteiger partial charge in [-0.25, -0.2) is 9.88 Å². The SMILES string of the molecule is CC(C)c1nc2ccc(N3C(=O)c4ccccc4C3=O)cc2[nH]1. The van der Waals surface area contributed by atoms with E-state index < -0.39 is 0 Å². The molecule has 0 fully saturated rings. The lowest BCUT2D eigenvalue weighted by atomic mass is 10.1. The van der Waals surface area contributed by atoms with Crippen LogP contribution in [0.25, 0.3) is 11.0 Å². The first-order chi connectivity index (χ1) is 11.1. The summed E-state index contributed by atoms with van der Waals surface area (Å²) in [5.41, 5.74) is 3.11. The van der Waals surface area contributed by atoms with Crippen LogP contribution >= 0.6 is 0 Å². The predicted octanol–water partition coefficient (Wildman–Crippen LogP) is 3.49. The van der Waals surface area contributed by atoms with Crippen molar-refractivity contribution in [2.24, 2.45) is 0 Å². The second-order valence-electron chi connectivity index (χ2n) is 5.97. The number of carbonyl (C=O) groups excluding carboxylic acids is 2. The topological polar surface area (TPSA) is 66.1 Å². The Hall–Kier alpha value is -2.95. The van der Waals surface area contributed by atoms with Crippen molar-refractivity contribution in [3.63, 3.8) is 0 Å². The summed E-state index contributed by atoms with van der Waals surface area (Å²) in [4.78, 5) is 34.1. The summed E-state index contributed by atoms with van der Waals surface area (Å²) in [6, 6.07) is 12.3. The summed E-state index contributed by atoms with van der Waals surface area (Å²) < 4.78 is 0. The maximum atomic E-state index is 12.5. The highest BCUT2D eigenvalue weighted by molar-refractivity contribution is 6.34. The lowest BCUT2D eigenvalue weighted by molar-refractivity contribution is 0.0926. The number of amides is 2. The predicted molar refractivity (Wildman–Crippen MR) is 87.8 cm³/mol. The van der Waals surface area contributed by atoms with E-state index in [2.05, 4.69) is 23.8 Å². The van der Waals surface area contributed by atoms with Crippen LogP contribution in [0, 0.1) is 0 Å². The zero-order chi connectivity index (χ0) is 16.1. The molecule has 0 atom stereocenters. The van der Waals surface area contributed by atoms with Crippen LogP contribution < -0.4 is 4.90 Å². The van der Waals surface area contributed by atoms with Gasteiger partial charge in [0.1, 0.15) is 5.82 Å². The highest BCUT2D eigenvalue weighted by Gasteiger charge is 2.36. The molecule has 5 nitrogen and oxygen atoms in total. The molecule has 0 radical (unpaired) electrons. The van der Waals surface area contributed by atoms with Gasteiger partial charge >= 0.3 is 0 Å². The molecule has 0 spiro atoms. The molecule has 1 aliphatic rings. The van der Waals surface area contributed by atoms with Crippen LogP contribution in [0.5, 0.6) is 0 Å². The third-order valence-corrected chi connectivity index (χ3v) is 4.08. The zero-order valence-corrected chi connectivity index (χ0v) is 12.8. The first kappa shape index (κ1) is 13.7. The molecule has 0 unspecified atom stereocenters. The van der Waals surface area contributed by atoms with E-state index in [1.165, 1.54) is 4.90 Å². The van der Waals surface area contributed by atoms with Crippen molar-refractivity contribution in [2.45, 2.75) is 19.8 Å². The number of carbonyl (C=O) groups is 2. The average Bonchev–Trinajstić information content (AvgIpc) is 3.08. The largest absolute Gasteiger partial charge is 0.342 e. The molecule has 4 rings (SSSR count). The lowest BCUT2D eigenvalue weighted by Crippen LogP contribution is -2.29. The molecule has 5 heteroatoms. The van der Waals surface area contributed by atoms with Crippen molar-refractivity contribution in [3.05, 3.63) is 59.4 Å². The Balaban J connectivity index is 1.81. The highest BCUT2D eigenvalue weighted by Crippen LogP contribution is 2.30. The second kappa shape index (κ2) is 4.78. The fourth-order valence-corrected chi connectivity index (χ4v) is 2.85. The molecular formula is C18H15N3O2. The zero-order valence-electron chi connectivity index (χ0n) is 12.8. The Bertz CT molecular complexity index is 921. The summed E-state index contributed by atoms with van der Waals surface area (Å²) in [7, 11) is 0.